The maximum absolute atomic E-state index is 13.3. The number of urea groups is 1. The average Bonchev–Trinajstić information content (AvgIpc) is 2.64. The normalized spacial score (nSPS) is 12.2. The van der Waals surface area contributed by atoms with Gasteiger partial charge in [-0.25, -0.2) is 9.18 Å². The third kappa shape index (κ3) is 8.97. The Morgan fingerprint density at radius 3 is 2.42 bits per heavy atom. The Morgan fingerprint density at radius 2 is 1.81 bits per heavy atom. The molecule has 2 aromatic carbocycles. The summed E-state index contributed by atoms with van der Waals surface area (Å²) in [5.41, 5.74) is 1.23. The minimum absolute atomic E-state index is 0.0499. The molecule has 0 aliphatic rings. The van der Waals surface area contributed by atoms with E-state index in [9.17, 15) is 14.0 Å². The van der Waals surface area contributed by atoms with Gasteiger partial charge in [-0.05, 0) is 60.2 Å². The van der Waals surface area contributed by atoms with Crippen LogP contribution in [-0.2, 0) is 4.79 Å². The lowest BCUT2D eigenvalue weighted by Crippen LogP contribution is -2.41. The molecule has 2 rings (SSSR count). The van der Waals surface area contributed by atoms with E-state index in [4.69, 9.17) is 11.6 Å². The number of rotatable bonds is 8. The molecule has 0 bridgehead atoms. The zero-order valence-corrected chi connectivity index (χ0v) is 19.3. The van der Waals surface area contributed by atoms with Crippen LogP contribution in [0.4, 0.5) is 20.6 Å². The summed E-state index contributed by atoms with van der Waals surface area (Å²) < 4.78 is 13.3. The van der Waals surface area contributed by atoms with Crippen LogP contribution in [0.3, 0.4) is 0 Å². The number of hydrogen-bond donors (Lipinski definition) is 2. The second-order valence-corrected chi connectivity index (χ2v) is 9.43. The van der Waals surface area contributed by atoms with E-state index >= 15 is 0 Å². The molecule has 0 aromatic heterocycles. The molecule has 0 spiro atoms. The van der Waals surface area contributed by atoms with E-state index in [1.165, 1.54) is 29.2 Å². The Kier molecular flexibility index (Phi) is 8.87. The Morgan fingerprint density at radius 1 is 1.13 bits per heavy atom. The van der Waals surface area contributed by atoms with Gasteiger partial charge in [-0.2, -0.15) is 0 Å². The van der Waals surface area contributed by atoms with Crippen molar-refractivity contribution in [1.82, 2.24) is 5.32 Å². The summed E-state index contributed by atoms with van der Waals surface area (Å²) in [6.07, 6.45) is 1.38. The highest BCUT2D eigenvalue weighted by molar-refractivity contribution is 6.30. The molecule has 0 saturated heterocycles. The van der Waals surface area contributed by atoms with Crippen molar-refractivity contribution < 1.29 is 14.0 Å². The monoisotopic (exact) mass is 447 g/mol. The summed E-state index contributed by atoms with van der Waals surface area (Å²) in [4.78, 5) is 26.6. The van der Waals surface area contributed by atoms with Gasteiger partial charge in [-0.1, -0.05) is 45.4 Å². The minimum atomic E-state index is -0.399. The maximum atomic E-state index is 13.3. The van der Waals surface area contributed by atoms with Gasteiger partial charge >= 0.3 is 6.03 Å². The van der Waals surface area contributed by atoms with Crippen LogP contribution in [0.25, 0.3) is 0 Å². The van der Waals surface area contributed by atoms with Crippen LogP contribution in [0.5, 0.6) is 0 Å². The van der Waals surface area contributed by atoms with Gasteiger partial charge in [0.2, 0.25) is 5.91 Å². The molecule has 5 nitrogen and oxygen atoms in total. The number of anilines is 2. The van der Waals surface area contributed by atoms with E-state index in [1.807, 2.05) is 0 Å². The summed E-state index contributed by atoms with van der Waals surface area (Å²) in [6.45, 7) is 9.04. The van der Waals surface area contributed by atoms with Gasteiger partial charge in [-0.15, -0.1) is 0 Å². The molecule has 0 heterocycles. The van der Waals surface area contributed by atoms with Gasteiger partial charge in [0.15, 0.2) is 0 Å². The average molecular weight is 448 g/mol. The summed E-state index contributed by atoms with van der Waals surface area (Å²) in [5, 5.41) is 6.17. The molecule has 31 heavy (non-hydrogen) atoms. The van der Waals surface area contributed by atoms with E-state index in [0.717, 1.165) is 6.42 Å². The van der Waals surface area contributed by atoms with Crippen LogP contribution in [-0.4, -0.2) is 25.0 Å². The number of nitrogens with zero attached hydrogens (tertiary/aromatic N) is 1. The molecule has 0 radical (unpaired) electrons. The van der Waals surface area contributed by atoms with Crippen LogP contribution < -0.4 is 15.5 Å². The van der Waals surface area contributed by atoms with Crippen molar-refractivity contribution in [2.45, 2.75) is 40.5 Å². The second-order valence-electron chi connectivity index (χ2n) is 8.99. The van der Waals surface area contributed by atoms with Crippen molar-refractivity contribution in [3.8, 4) is 0 Å². The first-order valence-electron chi connectivity index (χ1n) is 10.4. The Balaban J connectivity index is 2.00. The summed E-state index contributed by atoms with van der Waals surface area (Å²) >= 11 is 5.99. The molecule has 0 fully saturated rings. The van der Waals surface area contributed by atoms with E-state index in [1.54, 1.807) is 24.3 Å². The SMILES string of the molecule is CC(CC(=O)NCCN(C(=O)Nc1cccc(Cl)c1)c1ccc(F)cc1)CC(C)(C)C. The molecule has 7 heteroatoms. The molecule has 1 atom stereocenters. The summed E-state index contributed by atoms with van der Waals surface area (Å²) in [5.74, 6) is -0.175. The van der Waals surface area contributed by atoms with Gasteiger partial charge in [0, 0.05) is 35.9 Å². The van der Waals surface area contributed by atoms with Gasteiger partial charge in [-0.3, -0.25) is 9.69 Å². The highest BCUT2D eigenvalue weighted by Crippen LogP contribution is 2.25. The first-order valence-corrected chi connectivity index (χ1v) is 10.8. The molecule has 3 amide bonds. The second kappa shape index (κ2) is 11.1. The Hall–Kier alpha value is -2.60. The van der Waals surface area contributed by atoms with E-state index < -0.39 is 6.03 Å². The molecule has 2 N–H and O–H groups in total. The zero-order valence-electron chi connectivity index (χ0n) is 18.5. The summed E-state index contributed by atoms with van der Waals surface area (Å²) in [7, 11) is 0. The fraction of sp³-hybridized carbons (Fsp3) is 0.417. The highest BCUT2D eigenvalue weighted by Gasteiger charge is 2.19. The van der Waals surface area contributed by atoms with E-state index in [-0.39, 0.29) is 36.1 Å². The standard InChI is InChI=1S/C24H31ClFN3O2/c1-17(16-24(2,3)4)14-22(30)27-12-13-29(21-10-8-19(26)9-11-21)23(31)28-20-7-5-6-18(25)15-20/h5-11,15,17H,12-14,16H2,1-4H3,(H,27,30)(H,28,31). The van der Waals surface area contributed by atoms with Crippen molar-refractivity contribution in [3.63, 3.8) is 0 Å². The van der Waals surface area contributed by atoms with Crippen LogP contribution in [0.15, 0.2) is 48.5 Å². The van der Waals surface area contributed by atoms with Crippen LogP contribution in [0.1, 0.15) is 40.5 Å². The number of amides is 3. The third-order valence-electron chi connectivity index (χ3n) is 4.61. The third-order valence-corrected chi connectivity index (χ3v) is 4.85. The van der Waals surface area contributed by atoms with Crippen molar-refractivity contribution in [1.29, 1.82) is 0 Å². The van der Waals surface area contributed by atoms with Crippen LogP contribution in [0, 0.1) is 17.2 Å². The van der Waals surface area contributed by atoms with E-state index in [0.29, 0.717) is 22.8 Å². The van der Waals surface area contributed by atoms with Gasteiger partial charge in [0.1, 0.15) is 5.82 Å². The molecular formula is C24H31ClFN3O2. The number of halogens is 2. The molecular weight excluding hydrogens is 417 g/mol. The summed E-state index contributed by atoms with van der Waals surface area (Å²) in [6, 6.07) is 12.1. The number of carbonyl (C=O) groups excluding carboxylic acids is 2. The van der Waals surface area contributed by atoms with Crippen LogP contribution in [0.2, 0.25) is 5.02 Å². The maximum Gasteiger partial charge on any atom is 0.326 e. The van der Waals surface area contributed by atoms with Crippen LogP contribution >= 0.6 is 11.6 Å². The smallest absolute Gasteiger partial charge is 0.326 e. The zero-order chi connectivity index (χ0) is 23.0. The van der Waals surface area contributed by atoms with Crippen molar-refractivity contribution in [2.75, 3.05) is 23.3 Å². The topological polar surface area (TPSA) is 61.4 Å². The minimum Gasteiger partial charge on any atom is -0.354 e. The van der Waals surface area contributed by atoms with Gasteiger partial charge in [0.05, 0.1) is 0 Å². The van der Waals surface area contributed by atoms with Crippen molar-refractivity contribution >= 4 is 34.9 Å². The predicted octanol–water partition coefficient (Wildman–Crippen LogP) is 6.10. The molecule has 2 aromatic rings. The number of nitrogens with one attached hydrogen (secondary N) is 2. The Labute approximate surface area is 189 Å². The molecule has 168 valence electrons. The number of benzene rings is 2. The van der Waals surface area contributed by atoms with Crippen molar-refractivity contribution in [3.05, 3.63) is 59.4 Å². The first kappa shape index (κ1) is 24.7. The molecule has 0 aliphatic heterocycles. The van der Waals surface area contributed by atoms with Gasteiger partial charge in [0.25, 0.3) is 0 Å². The molecule has 1 unspecified atom stereocenters. The van der Waals surface area contributed by atoms with Gasteiger partial charge < -0.3 is 10.6 Å². The lowest BCUT2D eigenvalue weighted by Gasteiger charge is -2.24. The quantitative estimate of drug-likeness (QED) is 0.513. The lowest BCUT2D eigenvalue weighted by molar-refractivity contribution is -0.122. The predicted molar refractivity (Wildman–Crippen MR) is 125 cm³/mol. The van der Waals surface area contributed by atoms with E-state index in [2.05, 4.69) is 38.3 Å². The first-order chi connectivity index (χ1) is 14.5. The Bertz CT molecular complexity index is 881. The lowest BCUT2D eigenvalue weighted by atomic mass is 9.84. The highest BCUT2D eigenvalue weighted by atomic mass is 35.5. The molecule has 0 aliphatic carbocycles. The molecule has 0 saturated carbocycles. The van der Waals surface area contributed by atoms with Crippen molar-refractivity contribution in [2.24, 2.45) is 11.3 Å². The number of hydrogen-bond acceptors (Lipinski definition) is 2. The fourth-order valence-electron chi connectivity index (χ4n) is 3.54. The largest absolute Gasteiger partial charge is 0.354 e. The fourth-order valence-corrected chi connectivity index (χ4v) is 3.73. The number of carbonyl (C=O) groups is 2.